The Labute approximate surface area is 196 Å². The van der Waals surface area contributed by atoms with Gasteiger partial charge < -0.3 is 25.2 Å². The smallest absolute Gasteiger partial charge is 0.290 e. The molecule has 0 saturated carbocycles. The van der Waals surface area contributed by atoms with Gasteiger partial charge in [0.05, 0.1) is 4.91 Å². The number of phenols is 1. The normalized spacial score (nSPS) is 19.1. The van der Waals surface area contributed by atoms with Crippen molar-refractivity contribution in [2.75, 3.05) is 31.1 Å². The zero-order valence-electron chi connectivity index (χ0n) is 18.1. The van der Waals surface area contributed by atoms with Crippen molar-refractivity contribution in [2.45, 2.75) is 25.0 Å². The molecule has 9 heteroatoms. The molecule has 2 aliphatic heterocycles. The van der Waals surface area contributed by atoms with Crippen LogP contribution in [0.25, 0.3) is 6.08 Å². The molecule has 4 N–H and O–H groups in total. The highest BCUT2D eigenvalue weighted by Crippen LogP contribution is 2.27. The monoisotopic (exact) mass is 469 g/mol. The summed E-state index contributed by atoms with van der Waals surface area (Å²) < 4.78 is 5.55. The molecule has 1 atom stereocenters. The first-order chi connectivity index (χ1) is 16.0. The number of thioether (sulfide) groups is 1. The van der Waals surface area contributed by atoms with E-state index in [2.05, 4.69) is 15.5 Å². The third kappa shape index (κ3) is 6.50. The Morgan fingerprint density at radius 3 is 2.45 bits per heavy atom. The SMILES string of the molecule is O=C1NC(=O)/C(=C\c2ccc(N3CCC(NC[C@H](O)COc4ccc(O)cc4)CC3)cc2)S1. The number of rotatable bonds is 8. The summed E-state index contributed by atoms with van der Waals surface area (Å²) in [5.74, 6) is 0.445. The molecular formula is C24H27N3O5S. The van der Waals surface area contributed by atoms with Gasteiger partial charge in [-0.15, -0.1) is 0 Å². The molecule has 2 aliphatic rings. The van der Waals surface area contributed by atoms with E-state index in [1.165, 1.54) is 0 Å². The van der Waals surface area contributed by atoms with E-state index >= 15 is 0 Å². The number of anilines is 1. The van der Waals surface area contributed by atoms with Gasteiger partial charge in [-0.05, 0) is 72.6 Å². The molecule has 2 amide bonds. The molecule has 2 aromatic rings. The third-order valence-corrected chi connectivity index (χ3v) is 6.42. The van der Waals surface area contributed by atoms with E-state index in [9.17, 15) is 19.8 Å². The minimum atomic E-state index is -0.617. The lowest BCUT2D eigenvalue weighted by Crippen LogP contribution is -2.45. The number of nitrogens with one attached hydrogen (secondary N) is 2. The maximum absolute atomic E-state index is 11.7. The lowest BCUT2D eigenvalue weighted by atomic mass is 10.0. The van der Waals surface area contributed by atoms with Crippen molar-refractivity contribution in [1.29, 1.82) is 0 Å². The van der Waals surface area contributed by atoms with Crippen LogP contribution in [0.4, 0.5) is 10.5 Å². The maximum atomic E-state index is 11.7. The van der Waals surface area contributed by atoms with Crippen LogP contribution >= 0.6 is 11.8 Å². The van der Waals surface area contributed by atoms with Gasteiger partial charge in [0.2, 0.25) is 0 Å². The van der Waals surface area contributed by atoms with Crippen molar-refractivity contribution < 1.29 is 24.5 Å². The van der Waals surface area contributed by atoms with Crippen molar-refractivity contribution in [1.82, 2.24) is 10.6 Å². The number of phenolic OH excluding ortho intramolecular Hbond substituents is 1. The Morgan fingerprint density at radius 1 is 1.12 bits per heavy atom. The van der Waals surface area contributed by atoms with E-state index in [0.29, 0.717) is 23.2 Å². The van der Waals surface area contributed by atoms with Crippen molar-refractivity contribution in [2.24, 2.45) is 0 Å². The molecule has 2 aromatic carbocycles. The number of piperidine rings is 1. The van der Waals surface area contributed by atoms with Gasteiger partial charge in [-0.3, -0.25) is 14.9 Å². The number of hydrogen-bond acceptors (Lipinski definition) is 8. The standard InChI is InChI=1S/C24H27N3O5S/c28-19-5-7-21(8-6-19)32-15-20(29)14-25-17-9-11-27(12-10-17)18-3-1-16(2-4-18)13-22-23(30)26-24(31)33-22/h1-8,13,17,20,25,28-29H,9-12,14-15H2,(H,26,30,31)/b22-13+/t20-/m0/s1. The van der Waals surface area contributed by atoms with Crippen molar-refractivity contribution in [3.05, 3.63) is 59.0 Å². The number of aromatic hydroxyl groups is 1. The van der Waals surface area contributed by atoms with Gasteiger partial charge >= 0.3 is 0 Å². The van der Waals surface area contributed by atoms with Crippen LogP contribution in [0.15, 0.2) is 53.4 Å². The molecule has 0 spiro atoms. The Balaban J connectivity index is 1.19. The second-order valence-corrected chi connectivity index (χ2v) is 9.09. The first-order valence-electron chi connectivity index (χ1n) is 10.9. The first-order valence-corrected chi connectivity index (χ1v) is 11.7. The second-order valence-electron chi connectivity index (χ2n) is 8.07. The lowest BCUT2D eigenvalue weighted by molar-refractivity contribution is -0.115. The van der Waals surface area contributed by atoms with E-state index in [1.54, 1.807) is 30.3 Å². The number of carbonyl (C=O) groups excluding carboxylic acids is 2. The molecule has 33 heavy (non-hydrogen) atoms. The Bertz CT molecular complexity index is 1000. The van der Waals surface area contributed by atoms with Gasteiger partial charge in [0.1, 0.15) is 24.2 Å². The average Bonchev–Trinajstić information content (AvgIpc) is 3.14. The highest BCUT2D eigenvalue weighted by molar-refractivity contribution is 8.18. The highest BCUT2D eigenvalue weighted by atomic mass is 32.2. The van der Waals surface area contributed by atoms with Gasteiger partial charge in [0.25, 0.3) is 11.1 Å². The topological polar surface area (TPSA) is 111 Å². The fourth-order valence-electron chi connectivity index (χ4n) is 3.79. The van der Waals surface area contributed by atoms with E-state index in [4.69, 9.17) is 4.74 Å². The molecule has 2 saturated heterocycles. The number of carbonyl (C=O) groups is 2. The molecule has 2 fully saturated rings. The molecule has 0 aromatic heterocycles. The molecule has 0 bridgehead atoms. The molecule has 0 unspecified atom stereocenters. The molecular weight excluding hydrogens is 442 g/mol. The fraction of sp³-hybridized carbons (Fsp3) is 0.333. The maximum Gasteiger partial charge on any atom is 0.290 e. The molecule has 8 nitrogen and oxygen atoms in total. The predicted octanol–water partition coefficient (Wildman–Crippen LogP) is 2.71. The van der Waals surface area contributed by atoms with Crippen molar-refractivity contribution >= 4 is 34.7 Å². The number of amides is 2. The van der Waals surface area contributed by atoms with Crippen LogP contribution in [0.2, 0.25) is 0 Å². The Hall–Kier alpha value is -3.01. The minimum absolute atomic E-state index is 0.180. The van der Waals surface area contributed by atoms with E-state index in [0.717, 1.165) is 48.9 Å². The summed E-state index contributed by atoms with van der Waals surface area (Å²) in [6.45, 7) is 2.46. The van der Waals surface area contributed by atoms with Crippen LogP contribution in [0.5, 0.6) is 11.5 Å². The summed E-state index contributed by atoms with van der Waals surface area (Å²) in [6, 6.07) is 14.7. The average molecular weight is 470 g/mol. The summed E-state index contributed by atoms with van der Waals surface area (Å²) >= 11 is 0.919. The van der Waals surface area contributed by atoms with Crippen LogP contribution in [-0.4, -0.2) is 59.7 Å². The number of hydrogen-bond donors (Lipinski definition) is 4. The lowest BCUT2D eigenvalue weighted by Gasteiger charge is -2.34. The largest absolute Gasteiger partial charge is 0.508 e. The van der Waals surface area contributed by atoms with Crippen LogP contribution in [0, 0.1) is 0 Å². The molecule has 2 heterocycles. The first kappa shape index (κ1) is 23.2. The zero-order valence-corrected chi connectivity index (χ0v) is 18.9. The van der Waals surface area contributed by atoms with Crippen LogP contribution in [0.1, 0.15) is 18.4 Å². The van der Waals surface area contributed by atoms with Gasteiger partial charge in [-0.1, -0.05) is 12.1 Å². The van der Waals surface area contributed by atoms with Gasteiger partial charge in [-0.25, -0.2) is 0 Å². The Morgan fingerprint density at radius 2 is 1.82 bits per heavy atom. The second kappa shape index (κ2) is 10.7. The van der Waals surface area contributed by atoms with Gasteiger partial charge in [0.15, 0.2) is 0 Å². The molecule has 4 rings (SSSR count). The zero-order chi connectivity index (χ0) is 23.2. The molecule has 0 radical (unpaired) electrons. The predicted molar refractivity (Wildman–Crippen MR) is 128 cm³/mol. The van der Waals surface area contributed by atoms with E-state index in [1.807, 2.05) is 24.3 Å². The van der Waals surface area contributed by atoms with E-state index in [-0.39, 0.29) is 23.5 Å². The summed E-state index contributed by atoms with van der Waals surface area (Å²) in [6.07, 6.45) is 3.04. The minimum Gasteiger partial charge on any atom is -0.508 e. The fourth-order valence-corrected chi connectivity index (χ4v) is 4.47. The van der Waals surface area contributed by atoms with Crippen molar-refractivity contribution in [3.8, 4) is 11.5 Å². The van der Waals surface area contributed by atoms with E-state index < -0.39 is 6.10 Å². The number of benzene rings is 2. The third-order valence-electron chi connectivity index (χ3n) is 5.61. The number of aliphatic hydroxyl groups excluding tert-OH is 1. The molecule has 174 valence electrons. The number of aliphatic hydroxyl groups is 1. The van der Waals surface area contributed by atoms with Crippen molar-refractivity contribution in [3.63, 3.8) is 0 Å². The van der Waals surface area contributed by atoms with Gasteiger partial charge in [0, 0.05) is 31.4 Å². The summed E-state index contributed by atoms with van der Waals surface area (Å²) in [7, 11) is 0. The summed E-state index contributed by atoms with van der Waals surface area (Å²) in [4.78, 5) is 25.7. The number of nitrogens with zero attached hydrogens (tertiary/aromatic N) is 1. The number of imide groups is 1. The highest BCUT2D eigenvalue weighted by Gasteiger charge is 2.25. The summed E-state index contributed by atoms with van der Waals surface area (Å²) in [5, 5.41) is 24.8. The molecule has 0 aliphatic carbocycles. The Kier molecular flexibility index (Phi) is 7.54. The van der Waals surface area contributed by atoms with Gasteiger partial charge in [-0.2, -0.15) is 0 Å². The van der Waals surface area contributed by atoms with Crippen LogP contribution in [-0.2, 0) is 4.79 Å². The van der Waals surface area contributed by atoms with Crippen LogP contribution in [0.3, 0.4) is 0 Å². The number of ether oxygens (including phenoxy) is 1. The van der Waals surface area contributed by atoms with Crippen LogP contribution < -0.4 is 20.3 Å². The summed E-state index contributed by atoms with van der Waals surface area (Å²) in [5.41, 5.74) is 2.00. The quantitative estimate of drug-likeness (QED) is 0.437.